The van der Waals surface area contributed by atoms with Crippen molar-refractivity contribution in [2.24, 2.45) is 0 Å². The molecule has 4 heteroatoms. The zero-order valence-electron chi connectivity index (χ0n) is 13.8. The molecule has 1 aromatic heterocycles. The van der Waals surface area contributed by atoms with Crippen LogP contribution < -0.4 is 0 Å². The van der Waals surface area contributed by atoms with Crippen molar-refractivity contribution in [2.75, 3.05) is 0 Å². The fraction of sp³-hybridized carbons (Fsp3) is 0.190. The summed E-state index contributed by atoms with van der Waals surface area (Å²) >= 11 is 15.6. The molecule has 0 aliphatic heterocycles. The van der Waals surface area contributed by atoms with Crippen LogP contribution in [0.2, 0.25) is 10.3 Å². The van der Waals surface area contributed by atoms with Gasteiger partial charge >= 0.3 is 0 Å². The molecule has 1 nitrogen and oxygen atoms in total. The van der Waals surface area contributed by atoms with E-state index in [1.54, 1.807) is 0 Å². The van der Waals surface area contributed by atoms with Gasteiger partial charge in [-0.15, -0.1) is 0 Å². The van der Waals surface area contributed by atoms with E-state index in [4.69, 9.17) is 23.2 Å². The number of nitrogens with zero attached hydrogens (tertiary/aromatic N) is 1. The Balaban J connectivity index is 1.91. The number of hydrogen-bond donors (Lipinski definition) is 0. The van der Waals surface area contributed by atoms with E-state index in [2.05, 4.69) is 76.4 Å². The number of rotatable bonds is 5. The first-order chi connectivity index (χ1) is 12.0. The number of benzene rings is 2. The molecule has 0 saturated carbocycles. The first-order valence-electron chi connectivity index (χ1n) is 8.16. The number of aryl methyl sites for hydroxylation is 2. The molecular formula is C21H18BrCl2N. The van der Waals surface area contributed by atoms with E-state index in [9.17, 15) is 0 Å². The lowest BCUT2D eigenvalue weighted by molar-refractivity contribution is 0.710. The molecule has 25 heavy (non-hydrogen) atoms. The first kappa shape index (κ1) is 18.4. The SMILES string of the molecule is Cc1ccccc1C(CCc1cc(Cl)nc(Cl)c1)c1ccc(Br)cc1. The Labute approximate surface area is 167 Å². The van der Waals surface area contributed by atoms with E-state index in [1.807, 2.05) is 12.1 Å². The molecule has 3 aromatic rings. The lowest BCUT2D eigenvalue weighted by atomic mass is 9.84. The molecule has 1 unspecified atom stereocenters. The van der Waals surface area contributed by atoms with E-state index in [-0.39, 0.29) is 0 Å². The lowest BCUT2D eigenvalue weighted by Gasteiger charge is -2.20. The molecule has 1 atom stereocenters. The standard InChI is InChI=1S/C21H18BrCl2N/c1-14-4-2-3-5-18(14)19(16-7-9-17(22)10-8-16)11-6-15-12-20(23)25-21(24)13-15/h2-5,7-10,12-13,19H,6,11H2,1H3. The molecule has 0 N–H and O–H groups in total. The third kappa shape index (κ3) is 4.84. The van der Waals surface area contributed by atoms with Gasteiger partial charge < -0.3 is 0 Å². The van der Waals surface area contributed by atoms with Crippen molar-refractivity contribution < 1.29 is 0 Å². The van der Waals surface area contributed by atoms with Crippen LogP contribution in [-0.2, 0) is 6.42 Å². The average molecular weight is 435 g/mol. The quantitative estimate of drug-likeness (QED) is 0.386. The van der Waals surface area contributed by atoms with Crippen molar-refractivity contribution >= 4 is 39.1 Å². The van der Waals surface area contributed by atoms with Crippen LogP contribution in [0.5, 0.6) is 0 Å². The van der Waals surface area contributed by atoms with Crippen LogP contribution in [-0.4, -0.2) is 4.98 Å². The fourth-order valence-electron chi connectivity index (χ4n) is 3.14. The van der Waals surface area contributed by atoms with E-state index >= 15 is 0 Å². The van der Waals surface area contributed by atoms with Crippen molar-refractivity contribution in [2.45, 2.75) is 25.7 Å². The highest BCUT2D eigenvalue weighted by molar-refractivity contribution is 9.10. The summed E-state index contributed by atoms with van der Waals surface area (Å²) in [7, 11) is 0. The molecule has 0 spiro atoms. The van der Waals surface area contributed by atoms with Crippen molar-refractivity contribution in [1.82, 2.24) is 4.98 Å². The minimum atomic E-state index is 0.319. The summed E-state index contributed by atoms with van der Waals surface area (Å²) in [5, 5.41) is 0.886. The summed E-state index contributed by atoms with van der Waals surface area (Å²) in [5.41, 5.74) is 5.08. The second kappa shape index (κ2) is 8.35. The van der Waals surface area contributed by atoms with Gasteiger partial charge in [0.15, 0.2) is 0 Å². The molecule has 0 amide bonds. The Morgan fingerprint density at radius 1 is 0.960 bits per heavy atom. The fourth-order valence-corrected chi connectivity index (χ4v) is 3.91. The van der Waals surface area contributed by atoms with Crippen LogP contribution in [0, 0.1) is 6.92 Å². The maximum absolute atomic E-state index is 6.04. The molecule has 1 heterocycles. The van der Waals surface area contributed by atoms with Crippen LogP contribution >= 0.6 is 39.1 Å². The molecule has 0 fully saturated rings. The Morgan fingerprint density at radius 2 is 1.60 bits per heavy atom. The minimum absolute atomic E-state index is 0.319. The van der Waals surface area contributed by atoms with Gasteiger partial charge in [-0.2, -0.15) is 0 Å². The predicted octanol–water partition coefficient (Wildman–Crippen LogP) is 7.22. The Kier molecular flexibility index (Phi) is 6.16. The van der Waals surface area contributed by atoms with Crippen molar-refractivity contribution in [3.8, 4) is 0 Å². The number of halogens is 3. The topological polar surface area (TPSA) is 12.9 Å². The summed E-state index contributed by atoms with van der Waals surface area (Å²) in [6, 6.07) is 20.9. The molecule has 0 aliphatic carbocycles. The second-order valence-corrected chi connectivity index (χ2v) is 7.81. The highest BCUT2D eigenvalue weighted by atomic mass is 79.9. The Hall–Kier alpha value is -1.35. The monoisotopic (exact) mass is 433 g/mol. The number of hydrogen-bond acceptors (Lipinski definition) is 1. The van der Waals surface area contributed by atoms with Gasteiger partial charge in [0.25, 0.3) is 0 Å². The highest BCUT2D eigenvalue weighted by Crippen LogP contribution is 2.32. The van der Waals surface area contributed by atoms with Crippen LogP contribution in [0.25, 0.3) is 0 Å². The summed E-state index contributed by atoms with van der Waals surface area (Å²) in [6.07, 6.45) is 1.86. The highest BCUT2D eigenvalue weighted by Gasteiger charge is 2.16. The third-order valence-electron chi connectivity index (χ3n) is 4.38. The van der Waals surface area contributed by atoms with Crippen LogP contribution in [0.1, 0.15) is 34.6 Å². The van der Waals surface area contributed by atoms with Crippen LogP contribution in [0.3, 0.4) is 0 Å². The summed E-state index contributed by atoms with van der Waals surface area (Å²) in [4.78, 5) is 4.03. The molecule has 3 rings (SSSR count). The van der Waals surface area contributed by atoms with Crippen molar-refractivity contribution in [3.05, 3.63) is 97.7 Å². The first-order valence-corrected chi connectivity index (χ1v) is 9.71. The Bertz CT molecular complexity index is 842. The summed E-state index contributed by atoms with van der Waals surface area (Å²) in [6.45, 7) is 2.17. The van der Waals surface area contributed by atoms with E-state index in [0.717, 1.165) is 22.9 Å². The average Bonchev–Trinajstić information content (AvgIpc) is 2.57. The van der Waals surface area contributed by atoms with Crippen molar-refractivity contribution in [1.29, 1.82) is 0 Å². The van der Waals surface area contributed by atoms with E-state index < -0.39 is 0 Å². The van der Waals surface area contributed by atoms with Gasteiger partial charge in [0.05, 0.1) is 0 Å². The van der Waals surface area contributed by atoms with Crippen LogP contribution in [0.4, 0.5) is 0 Å². The molecule has 2 aromatic carbocycles. The predicted molar refractivity (Wildman–Crippen MR) is 110 cm³/mol. The lowest BCUT2D eigenvalue weighted by Crippen LogP contribution is -2.05. The van der Waals surface area contributed by atoms with Gasteiger partial charge in [0, 0.05) is 10.4 Å². The van der Waals surface area contributed by atoms with Gasteiger partial charge in [0.1, 0.15) is 10.3 Å². The smallest absolute Gasteiger partial charge is 0.131 e. The zero-order valence-corrected chi connectivity index (χ0v) is 16.9. The largest absolute Gasteiger partial charge is 0.224 e. The summed E-state index contributed by atoms with van der Waals surface area (Å²) < 4.78 is 1.09. The maximum atomic E-state index is 6.04. The molecule has 0 saturated heterocycles. The van der Waals surface area contributed by atoms with Gasteiger partial charge in [-0.25, -0.2) is 4.98 Å². The number of aromatic nitrogens is 1. The maximum Gasteiger partial charge on any atom is 0.131 e. The molecule has 0 bridgehead atoms. The van der Waals surface area contributed by atoms with E-state index in [1.165, 1.54) is 16.7 Å². The number of pyridine rings is 1. The van der Waals surface area contributed by atoms with Crippen LogP contribution in [0.15, 0.2) is 65.1 Å². The van der Waals surface area contributed by atoms with Gasteiger partial charge in [-0.3, -0.25) is 0 Å². The minimum Gasteiger partial charge on any atom is -0.224 e. The van der Waals surface area contributed by atoms with Gasteiger partial charge in [-0.1, -0.05) is 75.5 Å². The zero-order chi connectivity index (χ0) is 17.8. The van der Waals surface area contributed by atoms with Gasteiger partial charge in [0.2, 0.25) is 0 Å². The second-order valence-electron chi connectivity index (χ2n) is 6.12. The summed E-state index contributed by atoms with van der Waals surface area (Å²) in [5.74, 6) is 0.319. The third-order valence-corrected chi connectivity index (χ3v) is 5.30. The molecule has 0 radical (unpaired) electrons. The van der Waals surface area contributed by atoms with E-state index in [0.29, 0.717) is 16.2 Å². The molecule has 128 valence electrons. The van der Waals surface area contributed by atoms with Crippen molar-refractivity contribution in [3.63, 3.8) is 0 Å². The van der Waals surface area contributed by atoms with Gasteiger partial charge in [-0.05, 0) is 66.3 Å². The Morgan fingerprint density at radius 3 is 2.24 bits per heavy atom. The molecule has 0 aliphatic rings. The molecular weight excluding hydrogens is 417 g/mol. The normalized spacial score (nSPS) is 12.2.